The summed E-state index contributed by atoms with van der Waals surface area (Å²) >= 11 is 0. The summed E-state index contributed by atoms with van der Waals surface area (Å²) in [5, 5.41) is 19.7. The van der Waals surface area contributed by atoms with Gasteiger partial charge in [-0.05, 0) is 6.61 Å². The monoisotopic (exact) mass is 155 g/mol. The Balaban J connectivity index is 0. The predicted octanol–water partition coefficient (Wildman–Crippen LogP) is -3.54. The summed E-state index contributed by atoms with van der Waals surface area (Å²) in [5.74, 6) is -0.914. The molecule has 0 aromatic carbocycles. The molecule has 0 unspecified atom stereocenters. The summed E-state index contributed by atoms with van der Waals surface area (Å²) in [4.78, 5) is 8.68. The molecule has 0 saturated heterocycles. The average molecular weight is 155 g/mol. The van der Waals surface area contributed by atoms with Gasteiger partial charge in [-0.25, -0.2) is 0 Å². The zero-order valence-electron chi connectivity index (χ0n) is 5.86. The van der Waals surface area contributed by atoms with Crippen LogP contribution in [0.1, 0.15) is 6.92 Å². The third-order valence-electron chi connectivity index (χ3n) is 0.497. The molecule has 0 aromatic rings. The van der Waals surface area contributed by atoms with Crippen LogP contribution in [0.25, 0.3) is 0 Å². The van der Waals surface area contributed by atoms with Crippen molar-refractivity contribution in [3.8, 4) is 0 Å². The van der Waals surface area contributed by atoms with Gasteiger partial charge in [0.05, 0.1) is 4.92 Å². The van der Waals surface area contributed by atoms with Crippen LogP contribution >= 0.6 is 0 Å². The van der Waals surface area contributed by atoms with Crippen molar-refractivity contribution in [2.45, 2.75) is 6.92 Å². The molecule has 10 heavy (non-hydrogen) atoms. The number of hydrogen-bond acceptors (Lipinski definition) is 4. The van der Waals surface area contributed by atoms with Gasteiger partial charge in [0, 0.05) is 0 Å². The van der Waals surface area contributed by atoms with Crippen molar-refractivity contribution in [1.29, 1.82) is 0 Å². The molecule has 5 nitrogen and oxygen atoms in total. The van der Waals surface area contributed by atoms with Crippen LogP contribution in [0, 0.1) is 10.1 Å². The van der Waals surface area contributed by atoms with Gasteiger partial charge in [0.1, 0.15) is 5.95 Å². The molecule has 0 aliphatic carbocycles. The first kappa shape index (κ1) is 12.4. The van der Waals surface area contributed by atoms with E-state index in [0.29, 0.717) is 0 Å². The molecule has 0 radical (unpaired) electrons. The standard InChI is InChI=1S/C4H7NO4.Na/c1-2-9-4(6)3-5(7)8;/h3,6H,2H2,1H3;/q;+1/p-1/b4-3-;. The van der Waals surface area contributed by atoms with Gasteiger partial charge >= 0.3 is 29.6 Å². The van der Waals surface area contributed by atoms with Crippen molar-refractivity contribution >= 4 is 0 Å². The zero-order chi connectivity index (χ0) is 7.28. The fourth-order valence-electron chi connectivity index (χ4n) is 0.266. The number of hydrogen-bond donors (Lipinski definition) is 0. The maximum Gasteiger partial charge on any atom is 1.00 e. The molecule has 6 heteroatoms. The van der Waals surface area contributed by atoms with E-state index in [1.54, 1.807) is 6.92 Å². The normalized spacial score (nSPS) is 9.90. The maximum absolute atomic E-state index is 10.1. The van der Waals surface area contributed by atoms with Crippen molar-refractivity contribution in [3.63, 3.8) is 0 Å². The summed E-state index contributed by atoms with van der Waals surface area (Å²) in [5.41, 5.74) is 0. The molecule has 0 aliphatic rings. The first-order chi connectivity index (χ1) is 4.16. The van der Waals surface area contributed by atoms with Gasteiger partial charge < -0.3 is 9.84 Å². The fraction of sp³-hybridized carbons (Fsp3) is 0.500. The number of nitrogens with zero attached hydrogens (tertiary/aromatic N) is 1. The Morgan fingerprint density at radius 2 is 2.30 bits per heavy atom. The van der Waals surface area contributed by atoms with Crippen LogP contribution in [0.4, 0.5) is 0 Å². The maximum atomic E-state index is 10.1. The van der Waals surface area contributed by atoms with Crippen LogP contribution < -0.4 is 34.7 Å². The molecule has 0 spiro atoms. The minimum absolute atomic E-state index is 0. The second-order valence-corrected chi connectivity index (χ2v) is 1.17. The molecular formula is C4H6NNaO4. The van der Waals surface area contributed by atoms with Crippen LogP contribution in [-0.4, -0.2) is 11.5 Å². The van der Waals surface area contributed by atoms with E-state index in [2.05, 4.69) is 4.74 Å². The molecule has 0 aromatic heterocycles. The van der Waals surface area contributed by atoms with Crippen molar-refractivity contribution in [2.24, 2.45) is 0 Å². The Hall–Kier alpha value is -0.260. The van der Waals surface area contributed by atoms with E-state index in [1.807, 2.05) is 0 Å². The van der Waals surface area contributed by atoms with Crippen molar-refractivity contribution in [2.75, 3.05) is 6.61 Å². The van der Waals surface area contributed by atoms with Gasteiger partial charge in [0.25, 0.3) is 6.20 Å². The summed E-state index contributed by atoms with van der Waals surface area (Å²) in [6.07, 6.45) is 0.281. The Morgan fingerprint density at radius 1 is 1.80 bits per heavy atom. The van der Waals surface area contributed by atoms with E-state index in [9.17, 15) is 15.2 Å². The van der Waals surface area contributed by atoms with Crippen molar-refractivity contribution in [1.82, 2.24) is 0 Å². The average Bonchev–Trinajstić information content (AvgIpc) is 1.63. The fourth-order valence-corrected chi connectivity index (χ4v) is 0.266. The summed E-state index contributed by atoms with van der Waals surface area (Å²) in [6, 6.07) is 0. The molecule has 0 saturated carbocycles. The van der Waals surface area contributed by atoms with Gasteiger partial charge in [-0.2, -0.15) is 0 Å². The molecule has 52 valence electrons. The van der Waals surface area contributed by atoms with Gasteiger partial charge in [0.2, 0.25) is 0 Å². The number of nitro groups is 1. The van der Waals surface area contributed by atoms with Crippen LogP contribution in [0.5, 0.6) is 0 Å². The molecular weight excluding hydrogens is 149 g/mol. The summed E-state index contributed by atoms with van der Waals surface area (Å²) in [6.45, 7) is 1.73. The Bertz CT molecular complexity index is 135. The topological polar surface area (TPSA) is 75.4 Å². The van der Waals surface area contributed by atoms with Gasteiger partial charge in [-0.3, -0.25) is 10.1 Å². The van der Waals surface area contributed by atoms with Gasteiger partial charge in [0.15, 0.2) is 0 Å². The van der Waals surface area contributed by atoms with Gasteiger partial charge in [-0.1, -0.05) is 6.92 Å². The molecule has 0 N–H and O–H groups in total. The molecule has 0 atom stereocenters. The van der Waals surface area contributed by atoms with Crippen LogP contribution in [-0.2, 0) is 4.74 Å². The second kappa shape index (κ2) is 6.85. The van der Waals surface area contributed by atoms with Crippen molar-refractivity contribution in [3.05, 3.63) is 22.3 Å². The zero-order valence-corrected chi connectivity index (χ0v) is 7.86. The summed E-state index contributed by atoms with van der Waals surface area (Å²) < 4.78 is 4.22. The molecule has 0 heterocycles. The van der Waals surface area contributed by atoms with Crippen LogP contribution in [0.15, 0.2) is 12.1 Å². The number of ether oxygens (including phenoxy) is 1. The van der Waals surface area contributed by atoms with Crippen molar-refractivity contribution < 1.29 is 44.3 Å². The van der Waals surface area contributed by atoms with E-state index < -0.39 is 10.9 Å². The Morgan fingerprint density at radius 3 is 2.60 bits per heavy atom. The quantitative estimate of drug-likeness (QED) is 0.183. The molecule has 0 fully saturated rings. The predicted molar refractivity (Wildman–Crippen MR) is 26.7 cm³/mol. The smallest absolute Gasteiger partial charge is 0.609 e. The molecule has 0 aliphatic heterocycles. The minimum atomic E-state index is -0.914. The first-order valence-corrected chi connectivity index (χ1v) is 2.32. The number of rotatable bonds is 3. The molecule has 0 rings (SSSR count). The van der Waals surface area contributed by atoms with E-state index in [-0.39, 0.29) is 42.4 Å². The third kappa shape index (κ3) is 7.74. The second-order valence-electron chi connectivity index (χ2n) is 1.17. The molecule has 0 amide bonds. The van der Waals surface area contributed by atoms with E-state index in [1.165, 1.54) is 0 Å². The first-order valence-electron chi connectivity index (χ1n) is 2.32. The van der Waals surface area contributed by atoms with E-state index >= 15 is 0 Å². The SMILES string of the molecule is CCO/C([O-])=C\[N+](=O)[O-].[Na+]. The van der Waals surface area contributed by atoms with E-state index in [4.69, 9.17) is 0 Å². The Labute approximate surface area is 80.1 Å². The van der Waals surface area contributed by atoms with Crippen LogP contribution in [0.3, 0.4) is 0 Å². The van der Waals surface area contributed by atoms with Gasteiger partial charge in [-0.15, -0.1) is 0 Å². The molecule has 0 bridgehead atoms. The summed E-state index contributed by atoms with van der Waals surface area (Å²) in [7, 11) is 0. The van der Waals surface area contributed by atoms with E-state index in [0.717, 1.165) is 0 Å². The third-order valence-corrected chi connectivity index (χ3v) is 0.497. The Kier molecular flexibility index (Phi) is 8.51. The minimum Gasteiger partial charge on any atom is -0.609 e. The largest absolute Gasteiger partial charge is 1.00 e. The van der Waals surface area contributed by atoms with Crippen LogP contribution in [0.2, 0.25) is 0 Å².